The number of methoxy groups -OCH3 is 1. The molecule has 1 aromatic heterocycles. The minimum atomic E-state index is -0.253. The molecule has 0 aliphatic heterocycles. The number of urea groups is 1. The van der Waals surface area contributed by atoms with Crippen molar-refractivity contribution in [1.82, 2.24) is 14.9 Å². The lowest BCUT2D eigenvalue weighted by Gasteiger charge is -2.13. The van der Waals surface area contributed by atoms with Crippen molar-refractivity contribution in [3.05, 3.63) is 48.0 Å². The summed E-state index contributed by atoms with van der Waals surface area (Å²) in [7, 11) is 1.66. The quantitative estimate of drug-likeness (QED) is 0.815. The largest absolute Gasteiger partial charge is 0.377 e. The van der Waals surface area contributed by atoms with E-state index in [1.165, 1.54) is 0 Å². The van der Waals surface area contributed by atoms with Gasteiger partial charge >= 0.3 is 6.03 Å². The van der Waals surface area contributed by atoms with Crippen molar-refractivity contribution in [3.8, 4) is 0 Å². The summed E-state index contributed by atoms with van der Waals surface area (Å²) < 4.78 is 7.36. The summed E-state index contributed by atoms with van der Waals surface area (Å²) in [6.07, 6.45) is 3.68. The Morgan fingerprint density at radius 1 is 1.33 bits per heavy atom. The maximum absolute atomic E-state index is 12.1. The number of anilines is 1. The number of rotatable bonds is 7. The third-order valence-corrected chi connectivity index (χ3v) is 3.74. The first-order valence-electron chi connectivity index (χ1n) is 8.17. The topological polar surface area (TPSA) is 68.2 Å². The van der Waals surface area contributed by atoms with Crippen LogP contribution in [0.1, 0.15) is 38.3 Å². The Kier molecular flexibility index (Phi) is 6.37. The van der Waals surface area contributed by atoms with Gasteiger partial charge in [-0.2, -0.15) is 0 Å². The predicted molar refractivity (Wildman–Crippen MR) is 94.8 cm³/mol. The van der Waals surface area contributed by atoms with Gasteiger partial charge in [0.05, 0.1) is 12.6 Å². The molecule has 1 aromatic carbocycles. The smallest absolute Gasteiger partial charge is 0.319 e. The number of hydrogen-bond donors (Lipinski definition) is 2. The van der Waals surface area contributed by atoms with Gasteiger partial charge in [-0.15, -0.1) is 0 Å². The van der Waals surface area contributed by atoms with Gasteiger partial charge in [0.25, 0.3) is 0 Å². The highest BCUT2D eigenvalue weighted by Crippen LogP contribution is 2.19. The molecule has 2 rings (SSSR count). The van der Waals surface area contributed by atoms with Crippen molar-refractivity contribution in [2.24, 2.45) is 5.92 Å². The average Bonchev–Trinajstić information content (AvgIpc) is 2.98. The van der Waals surface area contributed by atoms with Crippen LogP contribution in [0, 0.1) is 5.92 Å². The van der Waals surface area contributed by atoms with Gasteiger partial charge in [-0.3, -0.25) is 0 Å². The van der Waals surface area contributed by atoms with Gasteiger partial charge in [0.1, 0.15) is 5.82 Å². The molecule has 1 atom stereocenters. The second-order valence-corrected chi connectivity index (χ2v) is 6.20. The molecule has 1 heterocycles. The van der Waals surface area contributed by atoms with Crippen LogP contribution in [0.5, 0.6) is 0 Å². The van der Waals surface area contributed by atoms with E-state index in [-0.39, 0.29) is 12.1 Å². The van der Waals surface area contributed by atoms with E-state index >= 15 is 0 Å². The Labute approximate surface area is 143 Å². The van der Waals surface area contributed by atoms with Gasteiger partial charge in [-0.25, -0.2) is 9.78 Å². The average molecular weight is 330 g/mol. The molecule has 1 unspecified atom stereocenters. The third kappa shape index (κ3) is 5.09. The van der Waals surface area contributed by atoms with E-state index in [4.69, 9.17) is 4.74 Å². The molecular weight excluding hydrogens is 304 g/mol. The van der Waals surface area contributed by atoms with Crippen LogP contribution in [0.3, 0.4) is 0 Å². The Bertz CT molecular complexity index is 667. The van der Waals surface area contributed by atoms with Gasteiger partial charge in [0.2, 0.25) is 0 Å². The molecule has 130 valence electrons. The normalized spacial score (nSPS) is 12.2. The Morgan fingerprint density at radius 2 is 2.12 bits per heavy atom. The van der Waals surface area contributed by atoms with Crippen molar-refractivity contribution < 1.29 is 9.53 Å². The van der Waals surface area contributed by atoms with Gasteiger partial charge in [0.15, 0.2) is 0 Å². The Hall–Kier alpha value is -2.34. The summed E-state index contributed by atoms with van der Waals surface area (Å²) >= 11 is 0. The van der Waals surface area contributed by atoms with Gasteiger partial charge in [-0.1, -0.05) is 26.0 Å². The van der Waals surface area contributed by atoms with Crippen LogP contribution in [0.2, 0.25) is 0 Å². The second kappa shape index (κ2) is 8.49. The van der Waals surface area contributed by atoms with E-state index in [2.05, 4.69) is 34.0 Å². The van der Waals surface area contributed by atoms with Crippen LogP contribution in [0.25, 0.3) is 0 Å². The van der Waals surface area contributed by atoms with E-state index in [0.29, 0.717) is 12.5 Å². The first-order valence-corrected chi connectivity index (χ1v) is 8.17. The molecule has 0 spiro atoms. The van der Waals surface area contributed by atoms with Crippen LogP contribution >= 0.6 is 0 Å². The molecule has 6 nitrogen and oxygen atoms in total. The monoisotopic (exact) mass is 330 g/mol. The van der Waals surface area contributed by atoms with E-state index in [1.807, 2.05) is 37.4 Å². The number of imidazole rings is 1. The molecule has 0 bridgehead atoms. The number of aromatic nitrogens is 2. The summed E-state index contributed by atoms with van der Waals surface area (Å²) in [5.74, 6) is 1.37. The zero-order chi connectivity index (χ0) is 17.5. The number of nitrogens with one attached hydrogen (secondary N) is 2. The lowest BCUT2D eigenvalue weighted by atomic mass is 10.1. The number of nitrogens with zero attached hydrogens (tertiary/aromatic N) is 2. The summed E-state index contributed by atoms with van der Waals surface area (Å²) in [4.78, 5) is 16.4. The zero-order valence-electron chi connectivity index (χ0n) is 14.7. The fourth-order valence-corrected chi connectivity index (χ4v) is 2.41. The van der Waals surface area contributed by atoms with E-state index in [9.17, 15) is 4.79 Å². The predicted octanol–water partition coefficient (Wildman–Crippen LogP) is 3.57. The molecule has 6 heteroatoms. The lowest BCUT2D eigenvalue weighted by molar-refractivity contribution is 0.119. The van der Waals surface area contributed by atoms with Crippen molar-refractivity contribution in [3.63, 3.8) is 0 Å². The molecule has 2 aromatic rings. The minimum Gasteiger partial charge on any atom is -0.377 e. The highest BCUT2D eigenvalue weighted by molar-refractivity contribution is 5.89. The van der Waals surface area contributed by atoms with Gasteiger partial charge in [0, 0.05) is 31.7 Å². The summed E-state index contributed by atoms with van der Waals surface area (Å²) in [6, 6.07) is 7.38. The van der Waals surface area contributed by atoms with Crippen LogP contribution in [-0.4, -0.2) is 22.7 Å². The number of ether oxygens (including phenoxy) is 1. The van der Waals surface area contributed by atoms with Gasteiger partial charge < -0.3 is 19.9 Å². The fraction of sp³-hybridized carbons (Fsp3) is 0.444. The van der Waals surface area contributed by atoms with Crippen LogP contribution in [0.15, 0.2) is 36.7 Å². The summed E-state index contributed by atoms with van der Waals surface area (Å²) in [6.45, 7) is 7.54. The van der Waals surface area contributed by atoms with Crippen molar-refractivity contribution in [2.45, 2.75) is 40.0 Å². The summed E-state index contributed by atoms with van der Waals surface area (Å²) in [5.41, 5.74) is 1.75. The molecule has 2 amide bonds. The molecular formula is C18H26N4O2. The first-order chi connectivity index (χ1) is 11.5. The van der Waals surface area contributed by atoms with E-state index in [1.54, 1.807) is 13.3 Å². The molecule has 24 heavy (non-hydrogen) atoms. The zero-order valence-corrected chi connectivity index (χ0v) is 14.7. The van der Waals surface area contributed by atoms with Crippen LogP contribution < -0.4 is 10.6 Å². The van der Waals surface area contributed by atoms with Crippen molar-refractivity contribution in [1.29, 1.82) is 0 Å². The number of carbonyl (C=O) groups excluding carboxylic acids is 1. The maximum atomic E-state index is 12.1. The number of amides is 2. The SMILES string of the molecule is COC(C)c1cccc(NC(=O)NCc2nccn2CC(C)C)c1. The van der Waals surface area contributed by atoms with Crippen molar-refractivity contribution >= 4 is 11.7 Å². The molecule has 2 N–H and O–H groups in total. The second-order valence-electron chi connectivity index (χ2n) is 6.20. The molecule has 0 fully saturated rings. The standard InChI is InChI=1S/C18H26N4O2/c1-13(2)12-22-9-8-19-17(22)11-20-18(23)21-16-7-5-6-15(10-16)14(3)24-4/h5-10,13-14H,11-12H2,1-4H3,(H2,20,21,23). The van der Waals surface area contributed by atoms with Gasteiger partial charge in [-0.05, 0) is 30.5 Å². The van der Waals surface area contributed by atoms with E-state index in [0.717, 1.165) is 23.6 Å². The molecule has 0 saturated carbocycles. The first kappa shape index (κ1) is 18.0. The van der Waals surface area contributed by atoms with Crippen LogP contribution in [-0.2, 0) is 17.8 Å². The molecule has 0 radical (unpaired) electrons. The van der Waals surface area contributed by atoms with Crippen LogP contribution in [0.4, 0.5) is 10.5 Å². The van der Waals surface area contributed by atoms with E-state index < -0.39 is 0 Å². The minimum absolute atomic E-state index is 0.0154. The number of benzene rings is 1. The molecule has 0 aliphatic rings. The highest BCUT2D eigenvalue weighted by atomic mass is 16.5. The number of carbonyl (C=O) groups is 1. The fourth-order valence-electron chi connectivity index (χ4n) is 2.41. The molecule has 0 aliphatic carbocycles. The Morgan fingerprint density at radius 3 is 2.83 bits per heavy atom. The lowest BCUT2D eigenvalue weighted by Crippen LogP contribution is -2.29. The maximum Gasteiger partial charge on any atom is 0.319 e. The number of hydrogen-bond acceptors (Lipinski definition) is 3. The Balaban J connectivity index is 1.91. The summed E-state index contributed by atoms with van der Waals surface area (Å²) in [5, 5.41) is 5.69. The van der Waals surface area contributed by atoms with Crippen molar-refractivity contribution in [2.75, 3.05) is 12.4 Å². The highest BCUT2D eigenvalue weighted by Gasteiger charge is 2.09. The molecule has 0 saturated heterocycles. The third-order valence-electron chi connectivity index (χ3n) is 3.74.